The second-order valence-corrected chi connectivity index (χ2v) is 5.29. The summed E-state index contributed by atoms with van der Waals surface area (Å²) in [6, 6.07) is 6.98. The Balaban J connectivity index is 2.09. The minimum Gasteiger partial charge on any atom is -0.324 e. The summed E-state index contributed by atoms with van der Waals surface area (Å²) in [5, 5.41) is 13.2. The maximum Gasteiger partial charge on any atom is 0.271 e. The molecule has 0 saturated carbocycles. The Morgan fingerprint density at radius 2 is 2.13 bits per heavy atom. The first kappa shape index (κ1) is 16.3. The topological polar surface area (TPSA) is 107 Å². The highest BCUT2D eigenvalue weighted by Gasteiger charge is 2.10. The number of nitrogens with zero attached hydrogens (tertiary/aromatic N) is 3. The lowest BCUT2D eigenvalue weighted by molar-refractivity contribution is -0.384. The molecule has 2 rings (SSSR count). The van der Waals surface area contributed by atoms with E-state index in [4.69, 9.17) is 0 Å². The standard InChI is InChI=1S/C15H16N4O4/c1-10(2)13-7-15(21)18(9-16-13)8-14(20)17-11-4-3-5-12(6-11)19(22)23/h3-7,9-10H,8H2,1-2H3,(H,17,20). The van der Waals surface area contributed by atoms with Crippen LogP contribution in [0.1, 0.15) is 25.5 Å². The van der Waals surface area contributed by atoms with Gasteiger partial charge in [0.1, 0.15) is 6.54 Å². The van der Waals surface area contributed by atoms with Crippen LogP contribution in [0.25, 0.3) is 0 Å². The van der Waals surface area contributed by atoms with Crippen LogP contribution in [0.15, 0.2) is 41.5 Å². The van der Waals surface area contributed by atoms with Crippen molar-refractivity contribution in [3.8, 4) is 0 Å². The van der Waals surface area contributed by atoms with Crippen molar-refractivity contribution in [2.45, 2.75) is 26.3 Å². The van der Waals surface area contributed by atoms with E-state index < -0.39 is 10.8 Å². The van der Waals surface area contributed by atoms with E-state index in [-0.39, 0.29) is 23.7 Å². The van der Waals surface area contributed by atoms with E-state index in [2.05, 4.69) is 10.3 Å². The van der Waals surface area contributed by atoms with Gasteiger partial charge in [0.25, 0.3) is 11.2 Å². The van der Waals surface area contributed by atoms with Gasteiger partial charge in [-0.25, -0.2) is 4.98 Å². The Labute approximate surface area is 131 Å². The molecule has 120 valence electrons. The second kappa shape index (κ2) is 6.82. The molecule has 23 heavy (non-hydrogen) atoms. The fourth-order valence-electron chi connectivity index (χ4n) is 1.93. The van der Waals surface area contributed by atoms with Gasteiger partial charge in [0.05, 0.1) is 16.9 Å². The molecule has 0 aliphatic rings. The lowest BCUT2D eigenvalue weighted by Gasteiger charge is -2.09. The summed E-state index contributed by atoms with van der Waals surface area (Å²) >= 11 is 0. The molecule has 1 amide bonds. The van der Waals surface area contributed by atoms with Crippen molar-refractivity contribution in [2.75, 3.05) is 5.32 Å². The lowest BCUT2D eigenvalue weighted by Crippen LogP contribution is -2.28. The normalized spacial score (nSPS) is 10.6. The Morgan fingerprint density at radius 3 is 2.74 bits per heavy atom. The maximum absolute atomic E-state index is 12.0. The zero-order chi connectivity index (χ0) is 17.0. The molecule has 0 aliphatic heterocycles. The van der Waals surface area contributed by atoms with Gasteiger partial charge >= 0.3 is 0 Å². The first-order valence-corrected chi connectivity index (χ1v) is 6.97. The number of carbonyl (C=O) groups is 1. The summed E-state index contributed by atoms with van der Waals surface area (Å²) < 4.78 is 1.18. The molecule has 0 spiro atoms. The van der Waals surface area contributed by atoms with Crippen LogP contribution in [0.5, 0.6) is 0 Å². The highest BCUT2D eigenvalue weighted by Crippen LogP contribution is 2.16. The molecule has 0 unspecified atom stereocenters. The third-order valence-corrected chi connectivity index (χ3v) is 3.15. The maximum atomic E-state index is 12.0. The third kappa shape index (κ3) is 4.22. The van der Waals surface area contributed by atoms with Crippen molar-refractivity contribution in [1.29, 1.82) is 0 Å². The average molecular weight is 316 g/mol. The number of nitro benzene ring substituents is 1. The summed E-state index contributed by atoms with van der Waals surface area (Å²) in [6.45, 7) is 3.62. The van der Waals surface area contributed by atoms with Crippen LogP contribution in [-0.2, 0) is 11.3 Å². The number of carbonyl (C=O) groups excluding carboxylic acids is 1. The fourth-order valence-corrected chi connectivity index (χ4v) is 1.93. The van der Waals surface area contributed by atoms with E-state index in [9.17, 15) is 19.7 Å². The van der Waals surface area contributed by atoms with E-state index in [1.807, 2.05) is 13.8 Å². The lowest BCUT2D eigenvalue weighted by atomic mass is 10.1. The van der Waals surface area contributed by atoms with Gasteiger partial charge in [-0.2, -0.15) is 0 Å². The molecule has 2 aromatic rings. The van der Waals surface area contributed by atoms with Crippen molar-refractivity contribution in [3.63, 3.8) is 0 Å². The molecule has 8 heteroatoms. The van der Waals surface area contributed by atoms with Crippen LogP contribution in [0.4, 0.5) is 11.4 Å². The van der Waals surface area contributed by atoms with Crippen LogP contribution in [0.3, 0.4) is 0 Å². The summed E-state index contributed by atoms with van der Waals surface area (Å²) in [5.41, 5.74) is 0.509. The highest BCUT2D eigenvalue weighted by atomic mass is 16.6. The molecule has 1 N–H and O–H groups in total. The summed E-state index contributed by atoms with van der Waals surface area (Å²) in [5.74, 6) is -0.345. The zero-order valence-corrected chi connectivity index (χ0v) is 12.7. The molecule has 0 atom stereocenters. The predicted molar refractivity (Wildman–Crippen MR) is 84.3 cm³/mol. The van der Waals surface area contributed by atoms with E-state index in [1.54, 1.807) is 0 Å². The Kier molecular flexibility index (Phi) is 4.85. The van der Waals surface area contributed by atoms with Gasteiger partial charge in [0.15, 0.2) is 0 Å². The van der Waals surface area contributed by atoms with Crippen molar-refractivity contribution in [1.82, 2.24) is 9.55 Å². The van der Waals surface area contributed by atoms with Gasteiger partial charge in [-0.15, -0.1) is 0 Å². The number of amides is 1. The number of anilines is 1. The van der Waals surface area contributed by atoms with Gasteiger partial charge in [0.2, 0.25) is 5.91 Å². The molecule has 0 saturated heterocycles. The molecule has 1 heterocycles. The number of hydrogen-bond donors (Lipinski definition) is 1. The molecular weight excluding hydrogens is 300 g/mol. The molecule has 0 bridgehead atoms. The number of non-ortho nitro benzene ring substituents is 1. The van der Waals surface area contributed by atoms with Gasteiger partial charge in [0, 0.05) is 23.9 Å². The number of nitrogens with one attached hydrogen (secondary N) is 1. The Bertz CT molecular complexity index is 798. The second-order valence-electron chi connectivity index (χ2n) is 5.29. The first-order valence-electron chi connectivity index (χ1n) is 6.97. The molecule has 8 nitrogen and oxygen atoms in total. The average Bonchev–Trinajstić information content (AvgIpc) is 2.49. The summed E-state index contributed by atoms with van der Waals surface area (Å²) in [7, 11) is 0. The van der Waals surface area contributed by atoms with Crippen molar-refractivity contribution < 1.29 is 9.72 Å². The SMILES string of the molecule is CC(C)c1cc(=O)n(CC(=O)Nc2cccc([N+](=O)[O-])c2)cn1. The Morgan fingerprint density at radius 1 is 1.39 bits per heavy atom. The minimum atomic E-state index is -0.547. The van der Waals surface area contributed by atoms with E-state index in [0.29, 0.717) is 11.4 Å². The fraction of sp³-hybridized carbons (Fsp3) is 0.267. The molecule has 0 aliphatic carbocycles. The number of benzene rings is 1. The molecular formula is C15H16N4O4. The number of hydrogen-bond acceptors (Lipinski definition) is 5. The summed E-state index contributed by atoms with van der Waals surface area (Å²) in [4.78, 5) is 38.2. The van der Waals surface area contributed by atoms with Crippen LogP contribution < -0.4 is 10.9 Å². The van der Waals surface area contributed by atoms with E-state index in [1.165, 1.54) is 41.2 Å². The van der Waals surface area contributed by atoms with Crippen LogP contribution >= 0.6 is 0 Å². The largest absolute Gasteiger partial charge is 0.324 e. The van der Waals surface area contributed by atoms with Crippen LogP contribution in [-0.4, -0.2) is 20.4 Å². The quantitative estimate of drug-likeness (QED) is 0.669. The number of nitro groups is 1. The van der Waals surface area contributed by atoms with Gasteiger partial charge < -0.3 is 5.32 Å². The number of aromatic nitrogens is 2. The number of rotatable bonds is 5. The third-order valence-electron chi connectivity index (χ3n) is 3.15. The highest BCUT2D eigenvalue weighted by molar-refractivity contribution is 5.90. The predicted octanol–water partition coefficient (Wildman–Crippen LogP) is 1.91. The Hall–Kier alpha value is -3.03. The zero-order valence-electron chi connectivity index (χ0n) is 12.7. The van der Waals surface area contributed by atoms with Gasteiger partial charge in [-0.3, -0.25) is 24.3 Å². The van der Waals surface area contributed by atoms with Crippen LogP contribution in [0.2, 0.25) is 0 Å². The van der Waals surface area contributed by atoms with Crippen molar-refractivity contribution in [3.05, 3.63) is 62.8 Å². The summed E-state index contributed by atoms with van der Waals surface area (Å²) in [6.07, 6.45) is 1.32. The van der Waals surface area contributed by atoms with Crippen molar-refractivity contribution >= 4 is 17.3 Å². The first-order chi connectivity index (χ1) is 10.9. The van der Waals surface area contributed by atoms with E-state index in [0.717, 1.165) is 0 Å². The van der Waals surface area contributed by atoms with E-state index >= 15 is 0 Å². The van der Waals surface area contributed by atoms with Crippen LogP contribution in [0, 0.1) is 10.1 Å². The molecule has 0 radical (unpaired) electrons. The van der Waals surface area contributed by atoms with Gasteiger partial charge in [-0.05, 0) is 12.0 Å². The minimum absolute atomic E-state index is 0.121. The smallest absolute Gasteiger partial charge is 0.271 e. The molecule has 0 fully saturated rings. The molecule has 1 aromatic heterocycles. The van der Waals surface area contributed by atoms with Crippen molar-refractivity contribution in [2.24, 2.45) is 0 Å². The molecule has 1 aromatic carbocycles. The monoisotopic (exact) mass is 316 g/mol. The van der Waals surface area contributed by atoms with Gasteiger partial charge in [-0.1, -0.05) is 19.9 Å².